The summed E-state index contributed by atoms with van der Waals surface area (Å²) < 4.78 is 20.7. The van der Waals surface area contributed by atoms with E-state index in [0.717, 1.165) is 22.6 Å². The van der Waals surface area contributed by atoms with Gasteiger partial charge in [-0.3, -0.25) is 9.67 Å². The number of aliphatic imine (C=N–C) groups is 1. The predicted molar refractivity (Wildman–Crippen MR) is 123 cm³/mol. The molecule has 0 radical (unpaired) electrons. The lowest BCUT2D eigenvalue weighted by molar-refractivity contribution is 0.305. The van der Waals surface area contributed by atoms with E-state index in [-0.39, 0.29) is 29.8 Å². The van der Waals surface area contributed by atoms with Crippen LogP contribution in [0, 0.1) is 5.82 Å². The van der Waals surface area contributed by atoms with Crippen molar-refractivity contribution in [1.29, 1.82) is 0 Å². The van der Waals surface area contributed by atoms with Crippen LogP contribution in [0.5, 0.6) is 5.75 Å². The highest BCUT2D eigenvalue weighted by molar-refractivity contribution is 14.0. The van der Waals surface area contributed by atoms with Gasteiger partial charge in [-0.05, 0) is 41.5 Å². The van der Waals surface area contributed by atoms with Gasteiger partial charge in [0.2, 0.25) is 0 Å². The van der Waals surface area contributed by atoms with E-state index in [0.29, 0.717) is 25.7 Å². The summed E-state index contributed by atoms with van der Waals surface area (Å²) in [5.74, 6) is 1.20. The van der Waals surface area contributed by atoms with Crippen molar-refractivity contribution in [3.05, 3.63) is 83.4 Å². The minimum atomic E-state index is -0.257. The second-order valence-electron chi connectivity index (χ2n) is 6.29. The summed E-state index contributed by atoms with van der Waals surface area (Å²) in [5.41, 5.74) is 2.97. The monoisotopic (exact) mass is 509 g/mol. The van der Waals surface area contributed by atoms with Crippen molar-refractivity contribution in [3.63, 3.8) is 0 Å². The third-order valence-electron chi connectivity index (χ3n) is 4.26. The third kappa shape index (κ3) is 7.04. The highest BCUT2D eigenvalue weighted by Gasteiger charge is 2.03. The molecule has 0 aliphatic rings. The van der Waals surface area contributed by atoms with Crippen LogP contribution in [0.3, 0.4) is 0 Å². The molecular weight excluding hydrogens is 484 g/mol. The fourth-order valence-corrected chi connectivity index (χ4v) is 2.65. The molecule has 6 nitrogen and oxygen atoms in total. The molecule has 1 heterocycles. The maximum atomic E-state index is 13.2. The Morgan fingerprint density at radius 3 is 2.48 bits per heavy atom. The van der Waals surface area contributed by atoms with Gasteiger partial charge in [0.25, 0.3) is 0 Å². The number of rotatable bonds is 7. The SMILES string of the molecule is CN=C(NCc1ccc(OCc2cccc(F)c2)cc1)NCc1ccnn1C.I. The third-order valence-corrected chi connectivity index (χ3v) is 4.26. The predicted octanol–water partition coefficient (Wildman–Crippen LogP) is 3.62. The fourth-order valence-electron chi connectivity index (χ4n) is 2.65. The molecule has 0 unspecified atom stereocenters. The Balaban J connectivity index is 0.00000300. The standard InChI is InChI=1S/C21H24FN5O.HI/c1-23-21(25-14-19-10-11-26-27(19)2)24-13-16-6-8-20(9-7-16)28-15-17-4-3-5-18(22)12-17;/h3-12H,13-15H2,1-2H3,(H2,23,24,25);1H. The number of aryl methyl sites for hydroxylation is 1. The molecule has 0 atom stereocenters. The number of aromatic nitrogens is 2. The Hall–Kier alpha value is -2.62. The second-order valence-corrected chi connectivity index (χ2v) is 6.29. The summed E-state index contributed by atoms with van der Waals surface area (Å²) in [6.45, 7) is 1.61. The van der Waals surface area contributed by atoms with Crippen LogP contribution >= 0.6 is 24.0 Å². The molecule has 0 saturated carbocycles. The lowest BCUT2D eigenvalue weighted by Gasteiger charge is -2.12. The number of benzene rings is 2. The Kier molecular flexibility index (Phi) is 8.91. The molecule has 29 heavy (non-hydrogen) atoms. The molecule has 0 aliphatic carbocycles. The van der Waals surface area contributed by atoms with E-state index in [4.69, 9.17) is 4.74 Å². The van der Waals surface area contributed by atoms with Gasteiger partial charge in [0.1, 0.15) is 18.2 Å². The maximum Gasteiger partial charge on any atom is 0.191 e. The average molecular weight is 509 g/mol. The van der Waals surface area contributed by atoms with E-state index in [1.807, 2.05) is 48.1 Å². The first-order chi connectivity index (χ1) is 13.6. The van der Waals surface area contributed by atoms with Crippen LogP contribution in [0.15, 0.2) is 65.8 Å². The molecule has 3 rings (SSSR count). The number of hydrogen-bond acceptors (Lipinski definition) is 3. The highest BCUT2D eigenvalue weighted by Crippen LogP contribution is 2.14. The van der Waals surface area contributed by atoms with Crippen LogP contribution in [-0.2, 0) is 26.7 Å². The van der Waals surface area contributed by atoms with E-state index in [1.165, 1.54) is 12.1 Å². The Morgan fingerprint density at radius 1 is 1.07 bits per heavy atom. The highest BCUT2D eigenvalue weighted by atomic mass is 127. The number of nitrogens with zero attached hydrogens (tertiary/aromatic N) is 3. The minimum absolute atomic E-state index is 0. The summed E-state index contributed by atoms with van der Waals surface area (Å²) in [4.78, 5) is 4.23. The van der Waals surface area contributed by atoms with Crippen molar-refractivity contribution in [3.8, 4) is 5.75 Å². The van der Waals surface area contributed by atoms with Gasteiger partial charge in [0.05, 0.1) is 12.2 Å². The Bertz CT molecular complexity index is 927. The van der Waals surface area contributed by atoms with Crippen molar-refractivity contribution in [1.82, 2.24) is 20.4 Å². The number of guanidine groups is 1. The molecule has 0 spiro atoms. The van der Waals surface area contributed by atoms with E-state index >= 15 is 0 Å². The topological polar surface area (TPSA) is 63.5 Å². The molecule has 0 saturated heterocycles. The van der Waals surface area contributed by atoms with Gasteiger partial charge in [-0.2, -0.15) is 5.10 Å². The summed E-state index contributed by atoms with van der Waals surface area (Å²) in [6, 6.07) is 16.2. The van der Waals surface area contributed by atoms with Crippen LogP contribution in [0.4, 0.5) is 4.39 Å². The molecule has 2 aromatic carbocycles. The van der Waals surface area contributed by atoms with E-state index in [9.17, 15) is 4.39 Å². The van der Waals surface area contributed by atoms with Crippen LogP contribution in [-0.4, -0.2) is 22.8 Å². The van der Waals surface area contributed by atoms with Gasteiger partial charge < -0.3 is 15.4 Å². The molecule has 0 fully saturated rings. The van der Waals surface area contributed by atoms with Crippen LogP contribution in [0.1, 0.15) is 16.8 Å². The van der Waals surface area contributed by atoms with Gasteiger partial charge in [-0.15, -0.1) is 24.0 Å². The normalized spacial score (nSPS) is 10.9. The van der Waals surface area contributed by atoms with Crippen LogP contribution in [0.2, 0.25) is 0 Å². The van der Waals surface area contributed by atoms with E-state index in [2.05, 4.69) is 20.7 Å². The fraction of sp³-hybridized carbons (Fsp3) is 0.238. The molecule has 2 N–H and O–H groups in total. The van der Waals surface area contributed by atoms with Crippen molar-refractivity contribution in [2.75, 3.05) is 7.05 Å². The molecular formula is C21H25FIN5O. The second kappa shape index (κ2) is 11.4. The molecule has 0 amide bonds. The molecule has 154 valence electrons. The van der Waals surface area contributed by atoms with Gasteiger partial charge in [-0.25, -0.2) is 4.39 Å². The number of hydrogen-bond donors (Lipinski definition) is 2. The first-order valence-corrected chi connectivity index (χ1v) is 9.01. The van der Waals surface area contributed by atoms with E-state index < -0.39 is 0 Å². The van der Waals surface area contributed by atoms with Crippen LogP contribution in [0.25, 0.3) is 0 Å². The zero-order chi connectivity index (χ0) is 19.8. The summed E-state index contributed by atoms with van der Waals surface area (Å²) >= 11 is 0. The Labute approximate surface area is 187 Å². The summed E-state index contributed by atoms with van der Waals surface area (Å²) in [5, 5.41) is 10.7. The zero-order valence-corrected chi connectivity index (χ0v) is 18.8. The van der Waals surface area contributed by atoms with Crippen molar-refractivity contribution in [2.45, 2.75) is 19.7 Å². The first kappa shape index (κ1) is 22.7. The first-order valence-electron chi connectivity index (χ1n) is 9.01. The van der Waals surface area contributed by atoms with Gasteiger partial charge in [-0.1, -0.05) is 24.3 Å². The summed E-state index contributed by atoms with van der Waals surface area (Å²) in [6.07, 6.45) is 1.77. The van der Waals surface area contributed by atoms with Crippen molar-refractivity contribution >= 4 is 29.9 Å². The number of ether oxygens (including phenoxy) is 1. The van der Waals surface area contributed by atoms with Gasteiger partial charge in [0.15, 0.2) is 5.96 Å². The largest absolute Gasteiger partial charge is 0.489 e. The average Bonchev–Trinajstić information content (AvgIpc) is 3.12. The van der Waals surface area contributed by atoms with Crippen molar-refractivity contribution < 1.29 is 9.13 Å². The molecule has 0 aliphatic heterocycles. The van der Waals surface area contributed by atoms with Crippen molar-refractivity contribution in [2.24, 2.45) is 12.0 Å². The molecule has 1 aromatic heterocycles. The van der Waals surface area contributed by atoms with Gasteiger partial charge in [0, 0.05) is 26.8 Å². The minimum Gasteiger partial charge on any atom is -0.489 e. The Morgan fingerprint density at radius 2 is 1.83 bits per heavy atom. The maximum absolute atomic E-state index is 13.2. The number of nitrogens with one attached hydrogen (secondary N) is 2. The smallest absolute Gasteiger partial charge is 0.191 e. The molecule has 8 heteroatoms. The lowest BCUT2D eigenvalue weighted by Crippen LogP contribution is -2.36. The molecule has 3 aromatic rings. The molecule has 0 bridgehead atoms. The number of halogens is 2. The lowest BCUT2D eigenvalue weighted by atomic mass is 10.2. The summed E-state index contributed by atoms with van der Waals surface area (Å²) in [7, 11) is 3.65. The quantitative estimate of drug-likeness (QED) is 0.290. The zero-order valence-electron chi connectivity index (χ0n) is 16.4. The van der Waals surface area contributed by atoms with E-state index in [1.54, 1.807) is 19.3 Å². The van der Waals surface area contributed by atoms with Gasteiger partial charge >= 0.3 is 0 Å². The van der Waals surface area contributed by atoms with Crippen LogP contribution < -0.4 is 15.4 Å².